The third-order valence-electron chi connectivity index (χ3n) is 1.96. The fourth-order valence-electron chi connectivity index (χ4n) is 1.30. The predicted octanol–water partition coefficient (Wildman–Crippen LogP) is 3.75. The number of hydrogen-bond acceptors (Lipinski definition) is 2. The zero-order valence-corrected chi connectivity index (χ0v) is 10.1. The topological polar surface area (TPSA) is 38.9 Å². The van der Waals surface area contributed by atoms with Gasteiger partial charge >= 0.3 is 0 Å². The molecule has 2 N–H and O–H groups in total. The Balaban J connectivity index is 2.54. The van der Waals surface area contributed by atoms with Crippen LogP contribution in [0.5, 0.6) is 0 Å². The lowest BCUT2D eigenvalue weighted by Crippen LogP contribution is -1.90. The molecule has 0 aliphatic carbocycles. The smallest absolute Gasteiger partial charge is 0.0890 e. The van der Waals surface area contributed by atoms with E-state index in [0.717, 1.165) is 15.7 Å². The molecule has 4 heteroatoms. The van der Waals surface area contributed by atoms with Crippen molar-refractivity contribution in [3.8, 4) is 11.3 Å². The van der Waals surface area contributed by atoms with Crippen LogP contribution in [-0.2, 0) is 0 Å². The van der Waals surface area contributed by atoms with Gasteiger partial charge in [0.05, 0.1) is 22.6 Å². The summed E-state index contributed by atoms with van der Waals surface area (Å²) in [6.45, 7) is 0. The van der Waals surface area contributed by atoms with Crippen LogP contribution in [0.1, 0.15) is 0 Å². The van der Waals surface area contributed by atoms with Crippen molar-refractivity contribution in [1.82, 2.24) is 4.98 Å². The fourth-order valence-corrected chi connectivity index (χ4v) is 1.98. The van der Waals surface area contributed by atoms with Gasteiger partial charge in [0.25, 0.3) is 0 Å². The lowest BCUT2D eigenvalue weighted by molar-refractivity contribution is 1.33. The predicted molar refractivity (Wildman–Crippen MR) is 66.8 cm³/mol. The summed E-state index contributed by atoms with van der Waals surface area (Å²) in [6.07, 6.45) is 1.60. The van der Waals surface area contributed by atoms with Crippen LogP contribution in [0.3, 0.4) is 0 Å². The molecule has 0 fully saturated rings. The quantitative estimate of drug-likeness (QED) is 0.866. The second kappa shape index (κ2) is 4.21. The summed E-state index contributed by atoms with van der Waals surface area (Å²) in [5.74, 6) is 0. The molecule has 0 radical (unpaired) electrons. The first-order chi connectivity index (χ1) is 7.16. The third kappa shape index (κ3) is 2.30. The Morgan fingerprint density at radius 3 is 2.73 bits per heavy atom. The van der Waals surface area contributed by atoms with Gasteiger partial charge in [0.15, 0.2) is 0 Å². The summed E-state index contributed by atoms with van der Waals surface area (Å²) in [5.41, 5.74) is 7.86. The molecule has 0 saturated heterocycles. The number of benzene rings is 1. The summed E-state index contributed by atoms with van der Waals surface area (Å²) in [6, 6.07) is 9.51. The zero-order chi connectivity index (χ0) is 10.8. The van der Waals surface area contributed by atoms with Crippen LogP contribution in [0, 0.1) is 0 Å². The van der Waals surface area contributed by atoms with E-state index in [-0.39, 0.29) is 0 Å². The van der Waals surface area contributed by atoms with E-state index in [1.54, 1.807) is 12.3 Å². The number of nitrogens with zero attached hydrogens (tertiary/aromatic N) is 1. The van der Waals surface area contributed by atoms with E-state index in [1.807, 2.05) is 24.3 Å². The monoisotopic (exact) mass is 282 g/mol. The molecule has 0 bridgehead atoms. The molecule has 0 aliphatic heterocycles. The number of aromatic nitrogens is 1. The minimum atomic E-state index is 0.563. The SMILES string of the molecule is Nc1cnc(-c2cccc(Br)c2)c(Cl)c1. The van der Waals surface area contributed by atoms with E-state index >= 15 is 0 Å². The average molecular weight is 284 g/mol. The molecule has 1 aromatic carbocycles. The average Bonchev–Trinajstić information content (AvgIpc) is 2.17. The van der Waals surface area contributed by atoms with Gasteiger partial charge in [-0.1, -0.05) is 39.7 Å². The van der Waals surface area contributed by atoms with E-state index in [1.165, 1.54) is 0 Å². The van der Waals surface area contributed by atoms with E-state index in [2.05, 4.69) is 20.9 Å². The van der Waals surface area contributed by atoms with Crippen LogP contribution in [0.2, 0.25) is 5.02 Å². The molecule has 0 atom stereocenters. The van der Waals surface area contributed by atoms with Crippen LogP contribution >= 0.6 is 27.5 Å². The van der Waals surface area contributed by atoms with Crippen molar-refractivity contribution < 1.29 is 0 Å². The van der Waals surface area contributed by atoms with Crippen molar-refractivity contribution in [3.63, 3.8) is 0 Å². The Bertz CT molecular complexity index is 500. The van der Waals surface area contributed by atoms with Gasteiger partial charge in [-0.15, -0.1) is 0 Å². The normalized spacial score (nSPS) is 10.3. The number of hydrogen-bond donors (Lipinski definition) is 1. The maximum atomic E-state index is 6.06. The molecular formula is C11H8BrClN2. The first kappa shape index (κ1) is 10.5. The van der Waals surface area contributed by atoms with Crippen molar-refractivity contribution in [2.24, 2.45) is 0 Å². The van der Waals surface area contributed by atoms with E-state index < -0.39 is 0 Å². The van der Waals surface area contributed by atoms with E-state index in [0.29, 0.717) is 10.7 Å². The fraction of sp³-hybridized carbons (Fsp3) is 0. The van der Waals surface area contributed by atoms with E-state index in [9.17, 15) is 0 Å². The van der Waals surface area contributed by atoms with Crippen molar-refractivity contribution >= 4 is 33.2 Å². The van der Waals surface area contributed by atoms with E-state index in [4.69, 9.17) is 17.3 Å². The highest BCUT2D eigenvalue weighted by molar-refractivity contribution is 9.10. The number of nitrogen functional groups attached to an aromatic ring is 1. The molecular weight excluding hydrogens is 275 g/mol. The second-order valence-electron chi connectivity index (χ2n) is 3.11. The lowest BCUT2D eigenvalue weighted by atomic mass is 10.1. The van der Waals surface area contributed by atoms with Crippen molar-refractivity contribution in [2.75, 3.05) is 5.73 Å². The van der Waals surface area contributed by atoms with Crippen LogP contribution in [-0.4, -0.2) is 4.98 Å². The Labute approximate surface area is 101 Å². The van der Waals surface area contributed by atoms with Gasteiger partial charge in [-0.25, -0.2) is 0 Å². The zero-order valence-electron chi connectivity index (χ0n) is 7.74. The van der Waals surface area contributed by atoms with Gasteiger partial charge in [-0.05, 0) is 18.2 Å². The number of anilines is 1. The Morgan fingerprint density at radius 1 is 1.27 bits per heavy atom. The number of pyridine rings is 1. The minimum Gasteiger partial charge on any atom is -0.397 e. The van der Waals surface area contributed by atoms with Crippen LogP contribution in [0.25, 0.3) is 11.3 Å². The Kier molecular flexibility index (Phi) is 2.93. The molecule has 0 spiro atoms. The van der Waals surface area contributed by atoms with Gasteiger partial charge < -0.3 is 5.73 Å². The molecule has 0 saturated carbocycles. The maximum absolute atomic E-state index is 6.06. The summed E-state index contributed by atoms with van der Waals surface area (Å²) in [7, 11) is 0. The maximum Gasteiger partial charge on any atom is 0.0890 e. The minimum absolute atomic E-state index is 0.563. The highest BCUT2D eigenvalue weighted by Gasteiger charge is 2.05. The highest BCUT2D eigenvalue weighted by atomic mass is 79.9. The highest BCUT2D eigenvalue weighted by Crippen LogP contribution is 2.28. The van der Waals surface area contributed by atoms with Crippen LogP contribution in [0.4, 0.5) is 5.69 Å². The number of rotatable bonds is 1. The molecule has 15 heavy (non-hydrogen) atoms. The molecule has 1 aromatic heterocycles. The summed E-state index contributed by atoms with van der Waals surface area (Å²) < 4.78 is 0.995. The van der Waals surface area contributed by atoms with Gasteiger partial charge in [0, 0.05) is 10.0 Å². The largest absolute Gasteiger partial charge is 0.397 e. The molecule has 1 heterocycles. The van der Waals surface area contributed by atoms with Crippen molar-refractivity contribution in [2.45, 2.75) is 0 Å². The first-order valence-electron chi connectivity index (χ1n) is 4.34. The first-order valence-corrected chi connectivity index (χ1v) is 5.51. The molecule has 2 nitrogen and oxygen atoms in total. The van der Waals surface area contributed by atoms with Gasteiger partial charge in [0.1, 0.15) is 0 Å². The summed E-state index contributed by atoms with van der Waals surface area (Å²) >= 11 is 9.46. The standard InChI is InChI=1S/C11H8BrClN2/c12-8-3-1-2-7(4-8)11-10(13)5-9(14)6-15-11/h1-6H,14H2. The molecule has 76 valence electrons. The lowest BCUT2D eigenvalue weighted by Gasteiger charge is -2.04. The molecule has 0 unspecified atom stereocenters. The second-order valence-corrected chi connectivity index (χ2v) is 4.43. The van der Waals surface area contributed by atoms with Gasteiger partial charge in [-0.3, -0.25) is 4.98 Å². The molecule has 0 amide bonds. The van der Waals surface area contributed by atoms with Gasteiger partial charge in [0.2, 0.25) is 0 Å². The van der Waals surface area contributed by atoms with Crippen LogP contribution < -0.4 is 5.73 Å². The van der Waals surface area contributed by atoms with Crippen molar-refractivity contribution in [3.05, 3.63) is 46.0 Å². The molecule has 2 aromatic rings. The Morgan fingerprint density at radius 2 is 2.07 bits per heavy atom. The van der Waals surface area contributed by atoms with Crippen LogP contribution in [0.15, 0.2) is 41.0 Å². The summed E-state index contributed by atoms with van der Waals surface area (Å²) in [4.78, 5) is 4.21. The number of nitrogens with two attached hydrogens (primary N) is 1. The summed E-state index contributed by atoms with van der Waals surface area (Å²) in [5, 5.41) is 0.563. The third-order valence-corrected chi connectivity index (χ3v) is 2.74. The molecule has 0 aliphatic rings. The molecule has 2 rings (SSSR count). The number of halogens is 2. The van der Waals surface area contributed by atoms with Crippen molar-refractivity contribution in [1.29, 1.82) is 0 Å². The Hall–Kier alpha value is -1.06. The van der Waals surface area contributed by atoms with Gasteiger partial charge in [-0.2, -0.15) is 0 Å².